The van der Waals surface area contributed by atoms with Crippen molar-refractivity contribution in [3.63, 3.8) is 0 Å². The molecular weight excluding hydrogens is 308 g/mol. The summed E-state index contributed by atoms with van der Waals surface area (Å²) in [5, 5.41) is 0. The average molecular weight is 328 g/mol. The molecule has 1 aliphatic heterocycles. The van der Waals surface area contributed by atoms with E-state index in [1.807, 2.05) is 36.1 Å². The molecule has 0 saturated heterocycles. The lowest BCUT2D eigenvalue weighted by Crippen LogP contribution is -2.38. The van der Waals surface area contributed by atoms with Gasteiger partial charge in [-0.05, 0) is 35.7 Å². The first-order valence-corrected chi connectivity index (χ1v) is 8.57. The number of hydrogen-bond donors (Lipinski definition) is 0. The Kier molecular flexibility index (Phi) is 4.06. The number of carbonyl (C=O) groups excluding carboxylic acids is 1. The van der Waals surface area contributed by atoms with Gasteiger partial charge in [0, 0.05) is 30.9 Å². The van der Waals surface area contributed by atoms with Crippen LogP contribution < -0.4 is 0 Å². The van der Waals surface area contributed by atoms with Crippen molar-refractivity contribution in [2.75, 3.05) is 6.54 Å². The van der Waals surface area contributed by atoms with Gasteiger partial charge < -0.3 is 4.90 Å². The Balaban J connectivity index is 1.70. The maximum atomic E-state index is 13.0. The lowest BCUT2D eigenvalue weighted by molar-refractivity contribution is 0.0724. The molecule has 124 valence electrons. The molecule has 0 fully saturated rings. The maximum absolute atomic E-state index is 13.0. The van der Waals surface area contributed by atoms with Crippen LogP contribution in [0.2, 0.25) is 0 Å². The highest BCUT2D eigenvalue weighted by molar-refractivity contribution is 5.94. The number of nitrogens with zero attached hydrogens (tertiary/aromatic N) is 2. The lowest BCUT2D eigenvalue weighted by atomic mass is 9.84. The van der Waals surface area contributed by atoms with E-state index >= 15 is 0 Å². The van der Waals surface area contributed by atoms with Crippen LogP contribution in [-0.2, 0) is 6.54 Å². The molecule has 4 rings (SSSR count). The lowest BCUT2D eigenvalue weighted by Gasteiger charge is -2.35. The van der Waals surface area contributed by atoms with Crippen molar-refractivity contribution >= 4 is 5.91 Å². The first kappa shape index (κ1) is 15.6. The predicted molar refractivity (Wildman–Crippen MR) is 98.4 cm³/mol. The Morgan fingerprint density at radius 2 is 1.76 bits per heavy atom. The van der Waals surface area contributed by atoms with Crippen molar-refractivity contribution in [1.29, 1.82) is 0 Å². The quantitative estimate of drug-likeness (QED) is 0.707. The summed E-state index contributed by atoms with van der Waals surface area (Å²) >= 11 is 0. The van der Waals surface area contributed by atoms with Crippen LogP contribution in [0.5, 0.6) is 0 Å². The number of amides is 1. The SMILES string of the molecule is Cc1ccc(C(=O)N2Cc3ccccc3C(c3ccccc3)C2)cn1. The average Bonchev–Trinajstić information content (AvgIpc) is 2.68. The van der Waals surface area contributed by atoms with Crippen LogP contribution >= 0.6 is 0 Å². The van der Waals surface area contributed by atoms with Crippen molar-refractivity contribution < 1.29 is 4.79 Å². The Labute approximate surface area is 148 Å². The number of hydrogen-bond acceptors (Lipinski definition) is 2. The molecule has 3 nitrogen and oxygen atoms in total. The summed E-state index contributed by atoms with van der Waals surface area (Å²) < 4.78 is 0. The van der Waals surface area contributed by atoms with Gasteiger partial charge in [-0.25, -0.2) is 0 Å². The molecule has 3 heteroatoms. The molecule has 2 aromatic carbocycles. The molecule has 2 heterocycles. The summed E-state index contributed by atoms with van der Waals surface area (Å²) in [4.78, 5) is 19.2. The zero-order valence-electron chi connectivity index (χ0n) is 14.2. The number of aromatic nitrogens is 1. The third-order valence-electron chi connectivity index (χ3n) is 4.84. The van der Waals surface area contributed by atoms with E-state index in [9.17, 15) is 4.79 Å². The third kappa shape index (κ3) is 3.05. The first-order valence-electron chi connectivity index (χ1n) is 8.57. The number of rotatable bonds is 2. The van der Waals surface area contributed by atoms with Gasteiger partial charge in [0.05, 0.1) is 5.56 Å². The second-order valence-electron chi connectivity index (χ2n) is 6.54. The minimum atomic E-state index is 0.0444. The Bertz CT molecular complexity index is 887. The summed E-state index contributed by atoms with van der Waals surface area (Å²) in [7, 11) is 0. The Hall–Kier alpha value is -2.94. The predicted octanol–water partition coefficient (Wildman–Crippen LogP) is 4.18. The van der Waals surface area contributed by atoms with E-state index in [2.05, 4.69) is 47.4 Å². The minimum Gasteiger partial charge on any atom is -0.333 e. The van der Waals surface area contributed by atoms with Crippen LogP contribution in [-0.4, -0.2) is 22.3 Å². The molecule has 0 spiro atoms. The number of benzene rings is 2. The molecule has 0 N–H and O–H groups in total. The van der Waals surface area contributed by atoms with Gasteiger partial charge in [-0.15, -0.1) is 0 Å². The molecule has 1 atom stereocenters. The molecular formula is C22H20N2O. The van der Waals surface area contributed by atoms with Gasteiger partial charge in [0.25, 0.3) is 5.91 Å². The van der Waals surface area contributed by atoms with Crippen LogP contribution in [0.3, 0.4) is 0 Å². The second kappa shape index (κ2) is 6.52. The molecule has 25 heavy (non-hydrogen) atoms. The van der Waals surface area contributed by atoms with Gasteiger partial charge in [-0.1, -0.05) is 54.6 Å². The normalized spacial score (nSPS) is 16.4. The topological polar surface area (TPSA) is 33.2 Å². The summed E-state index contributed by atoms with van der Waals surface area (Å²) in [5.74, 6) is 0.247. The van der Waals surface area contributed by atoms with E-state index in [0.717, 1.165) is 5.69 Å². The number of fused-ring (bicyclic) bond motifs is 1. The molecule has 0 aliphatic carbocycles. The van der Waals surface area contributed by atoms with E-state index in [1.54, 1.807) is 6.20 Å². The minimum absolute atomic E-state index is 0.0444. The Morgan fingerprint density at radius 3 is 2.52 bits per heavy atom. The summed E-state index contributed by atoms with van der Waals surface area (Å²) in [6, 6.07) is 22.6. The van der Waals surface area contributed by atoms with Gasteiger partial charge in [-0.3, -0.25) is 9.78 Å². The summed E-state index contributed by atoms with van der Waals surface area (Å²) in [6.45, 7) is 3.26. The summed E-state index contributed by atoms with van der Waals surface area (Å²) in [5.41, 5.74) is 5.35. The monoisotopic (exact) mass is 328 g/mol. The highest BCUT2D eigenvalue weighted by atomic mass is 16.2. The number of carbonyl (C=O) groups is 1. The van der Waals surface area contributed by atoms with Crippen LogP contribution in [0.15, 0.2) is 72.9 Å². The zero-order chi connectivity index (χ0) is 17.2. The second-order valence-corrected chi connectivity index (χ2v) is 6.54. The van der Waals surface area contributed by atoms with Crippen molar-refractivity contribution in [2.24, 2.45) is 0 Å². The fourth-order valence-corrected chi connectivity index (χ4v) is 3.51. The standard InChI is InChI=1S/C22H20N2O/c1-16-11-12-18(13-23-16)22(25)24-14-19-9-5-6-10-20(19)21(15-24)17-7-3-2-4-8-17/h2-13,21H,14-15H2,1H3. The van der Waals surface area contributed by atoms with E-state index in [1.165, 1.54) is 16.7 Å². The van der Waals surface area contributed by atoms with Crippen LogP contribution in [0.4, 0.5) is 0 Å². The number of pyridine rings is 1. The van der Waals surface area contributed by atoms with Crippen molar-refractivity contribution in [2.45, 2.75) is 19.4 Å². The van der Waals surface area contributed by atoms with Crippen LogP contribution in [0.25, 0.3) is 0 Å². The molecule has 1 unspecified atom stereocenters. The van der Waals surface area contributed by atoms with Gasteiger partial charge in [0.15, 0.2) is 0 Å². The van der Waals surface area contributed by atoms with Crippen molar-refractivity contribution in [1.82, 2.24) is 9.88 Å². The van der Waals surface area contributed by atoms with Gasteiger partial charge in [0.2, 0.25) is 0 Å². The van der Waals surface area contributed by atoms with Gasteiger partial charge in [-0.2, -0.15) is 0 Å². The van der Waals surface area contributed by atoms with Crippen molar-refractivity contribution in [3.05, 3.63) is 101 Å². The highest BCUT2D eigenvalue weighted by Crippen LogP contribution is 2.33. The maximum Gasteiger partial charge on any atom is 0.255 e. The smallest absolute Gasteiger partial charge is 0.255 e. The van der Waals surface area contributed by atoms with Gasteiger partial charge >= 0.3 is 0 Å². The van der Waals surface area contributed by atoms with E-state index < -0.39 is 0 Å². The molecule has 1 aliphatic rings. The zero-order valence-corrected chi connectivity index (χ0v) is 14.2. The Morgan fingerprint density at radius 1 is 1.00 bits per heavy atom. The number of aryl methyl sites for hydroxylation is 1. The fourth-order valence-electron chi connectivity index (χ4n) is 3.51. The fraction of sp³-hybridized carbons (Fsp3) is 0.182. The third-order valence-corrected chi connectivity index (χ3v) is 4.84. The largest absolute Gasteiger partial charge is 0.333 e. The van der Waals surface area contributed by atoms with Crippen LogP contribution in [0.1, 0.15) is 38.7 Å². The first-order chi connectivity index (χ1) is 12.2. The molecule has 1 aromatic heterocycles. The van der Waals surface area contributed by atoms with E-state index in [4.69, 9.17) is 0 Å². The van der Waals surface area contributed by atoms with Gasteiger partial charge in [0.1, 0.15) is 0 Å². The highest BCUT2D eigenvalue weighted by Gasteiger charge is 2.29. The molecule has 3 aromatic rings. The molecule has 0 radical (unpaired) electrons. The van der Waals surface area contributed by atoms with Crippen LogP contribution in [0, 0.1) is 6.92 Å². The summed E-state index contributed by atoms with van der Waals surface area (Å²) in [6.07, 6.45) is 1.68. The molecule has 0 bridgehead atoms. The van der Waals surface area contributed by atoms with E-state index in [-0.39, 0.29) is 11.8 Å². The molecule has 1 amide bonds. The molecule has 0 saturated carbocycles. The van der Waals surface area contributed by atoms with E-state index in [0.29, 0.717) is 18.7 Å². The van der Waals surface area contributed by atoms with Crippen molar-refractivity contribution in [3.8, 4) is 0 Å².